The molecule has 5 nitrogen and oxygen atoms in total. The van der Waals surface area contributed by atoms with Crippen molar-refractivity contribution in [1.82, 2.24) is 9.55 Å². The molecule has 0 saturated carbocycles. The second-order valence-corrected chi connectivity index (χ2v) is 4.59. The van der Waals surface area contributed by atoms with Gasteiger partial charge in [-0.25, -0.2) is 9.78 Å². The minimum absolute atomic E-state index is 0.277. The van der Waals surface area contributed by atoms with E-state index >= 15 is 0 Å². The van der Waals surface area contributed by atoms with Crippen molar-refractivity contribution in [3.05, 3.63) is 29.6 Å². The van der Waals surface area contributed by atoms with Gasteiger partial charge in [-0.05, 0) is 31.5 Å². The molecule has 1 heterocycles. The Morgan fingerprint density at radius 2 is 2.20 bits per heavy atom. The number of aromatic carboxylic acids is 1. The third-order valence-corrected chi connectivity index (χ3v) is 3.26. The highest BCUT2D eigenvalue weighted by molar-refractivity contribution is 5.92. The van der Waals surface area contributed by atoms with Gasteiger partial charge in [-0.3, -0.25) is 0 Å². The summed E-state index contributed by atoms with van der Waals surface area (Å²) in [5.74, 6) is 0.0647. The van der Waals surface area contributed by atoms with Crippen molar-refractivity contribution in [2.24, 2.45) is 0 Å². The van der Waals surface area contributed by atoms with Crippen molar-refractivity contribution >= 4 is 17.0 Å². The summed E-state index contributed by atoms with van der Waals surface area (Å²) < 4.78 is 7.51. The third kappa shape index (κ3) is 2.99. The molecule has 1 aromatic heterocycles. The van der Waals surface area contributed by atoms with Crippen LogP contribution in [0, 0.1) is 0 Å². The predicted octanol–water partition coefficient (Wildman–Crippen LogP) is 2.72. The van der Waals surface area contributed by atoms with Crippen LogP contribution < -0.4 is 0 Å². The number of fused-ring (bicyclic) bond motifs is 1. The lowest BCUT2D eigenvalue weighted by atomic mass is 10.2. The SMILES string of the molecule is CCOCCCn1c(CC)nc2cc(C(=O)O)ccc21. The molecule has 2 rings (SSSR count). The van der Waals surface area contributed by atoms with E-state index in [-0.39, 0.29) is 5.56 Å². The molecule has 1 aromatic carbocycles. The van der Waals surface area contributed by atoms with Gasteiger partial charge < -0.3 is 14.4 Å². The molecule has 0 fully saturated rings. The summed E-state index contributed by atoms with van der Waals surface area (Å²) in [5, 5.41) is 9.03. The van der Waals surface area contributed by atoms with Crippen molar-refractivity contribution in [1.29, 1.82) is 0 Å². The molecular weight excluding hydrogens is 256 g/mol. The maximum absolute atomic E-state index is 11.0. The Morgan fingerprint density at radius 1 is 1.40 bits per heavy atom. The highest BCUT2D eigenvalue weighted by Gasteiger charge is 2.11. The van der Waals surface area contributed by atoms with Crippen LogP contribution in [0.2, 0.25) is 0 Å². The van der Waals surface area contributed by atoms with Crippen LogP contribution >= 0.6 is 0 Å². The number of ether oxygens (including phenoxy) is 1. The van der Waals surface area contributed by atoms with Gasteiger partial charge in [-0.1, -0.05) is 6.92 Å². The number of benzene rings is 1. The molecule has 108 valence electrons. The molecule has 0 amide bonds. The topological polar surface area (TPSA) is 64.4 Å². The van der Waals surface area contributed by atoms with E-state index in [0.29, 0.717) is 0 Å². The van der Waals surface area contributed by atoms with E-state index in [1.54, 1.807) is 12.1 Å². The highest BCUT2D eigenvalue weighted by atomic mass is 16.5. The number of imidazole rings is 1. The maximum Gasteiger partial charge on any atom is 0.335 e. The number of hydrogen-bond acceptors (Lipinski definition) is 3. The molecular formula is C15H20N2O3. The first-order valence-electron chi connectivity index (χ1n) is 6.97. The van der Waals surface area contributed by atoms with Crippen molar-refractivity contribution in [2.75, 3.05) is 13.2 Å². The zero-order valence-electron chi connectivity index (χ0n) is 11.9. The summed E-state index contributed by atoms with van der Waals surface area (Å²) in [7, 11) is 0. The Hall–Kier alpha value is -1.88. The average Bonchev–Trinajstić information content (AvgIpc) is 2.80. The first-order valence-corrected chi connectivity index (χ1v) is 6.97. The highest BCUT2D eigenvalue weighted by Crippen LogP contribution is 2.19. The van der Waals surface area contributed by atoms with Crippen molar-refractivity contribution in [3.63, 3.8) is 0 Å². The zero-order chi connectivity index (χ0) is 14.5. The molecule has 0 aliphatic rings. The number of carbonyl (C=O) groups is 1. The molecule has 1 N–H and O–H groups in total. The minimum Gasteiger partial charge on any atom is -0.478 e. The summed E-state index contributed by atoms with van der Waals surface area (Å²) in [5.41, 5.74) is 2.01. The molecule has 0 bridgehead atoms. The Labute approximate surface area is 118 Å². The van der Waals surface area contributed by atoms with Crippen molar-refractivity contribution in [2.45, 2.75) is 33.2 Å². The molecule has 5 heteroatoms. The van der Waals surface area contributed by atoms with Gasteiger partial charge in [-0.15, -0.1) is 0 Å². The van der Waals surface area contributed by atoms with E-state index in [0.717, 1.165) is 49.5 Å². The minimum atomic E-state index is -0.921. The molecule has 20 heavy (non-hydrogen) atoms. The van der Waals surface area contributed by atoms with Crippen LogP contribution in [-0.4, -0.2) is 33.8 Å². The van der Waals surface area contributed by atoms with Gasteiger partial charge in [-0.2, -0.15) is 0 Å². The predicted molar refractivity (Wildman–Crippen MR) is 77.2 cm³/mol. The van der Waals surface area contributed by atoms with Gasteiger partial charge in [0.05, 0.1) is 16.6 Å². The van der Waals surface area contributed by atoms with E-state index < -0.39 is 5.97 Å². The number of hydrogen-bond donors (Lipinski definition) is 1. The fourth-order valence-corrected chi connectivity index (χ4v) is 2.30. The van der Waals surface area contributed by atoms with Crippen molar-refractivity contribution < 1.29 is 14.6 Å². The Bertz CT molecular complexity index is 604. The summed E-state index contributed by atoms with van der Waals surface area (Å²) in [6.07, 6.45) is 1.75. The molecule has 0 atom stereocenters. The lowest BCUT2D eigenvalue weighted by Gasteiger charge is -2.08. The van der Waals surface area contributed by atoms with Gasteiger partial charge >= 0.3 is 5.97 Å². The molecule has 0 aliphatic heterocycles. The standard InChI is InChI=1S/C15H20N2O3/c1-3-14-16-12-10-11(15(18)19)6-7-13(12)17(14)8-5-9-20-4-2/h6-7,10H,3-5,8-9H2,1-2H3,(H,18,19). The Kier molecular flexibility index (Phi) is 4.74. The third-order valence-electron chi connectivity index (χ3n) is 3.26. The number of aromatic nitrogens is 2. The largest absolute Gasteiger partial charge is 0.478 e. The lowest BCUT2D eigenvalue weighted by Crippen LogP contribution is -2.06. The average molecular weight is 276 g/mol. The second kappa shape index (κ2) is 6.52. The van der Waals surface area contributed by atoms with Gasteiger partial charge in [0.1, 0.15) is 5.82 Å². The monoisotopic (exact) mass is 276 g/mol. The van der Waals surface area contributed by atoms with E-state index in [2.05, 4.69) is 16.5 Å². The van der Waals surface area contributed by atoms with Crippen LogP contribution in [0.3, 0.4) is 0 Å². The fourth-order valence-electron chi connectivity index (χ4n) is 2.30. The first kappa shape index (κ1) is 14.5. The number of carboxylic acid groups (broad SMARTS) is 1. The first-order chi connectivity index (χ1) is 9.67. The molecule has 0 saturated heterocycles. The van der Waals surface area contributed by atoms with Gasteiger partial charge in [0.2, 0.25) is 0 Å². The molecule has 2 aromatic rings. The quantitative estimate of drug-likeness (QED) is 0.790. The number of nitrogens with zero attached hydrogens (tertiary/aromatic N) is 2. The van der Waals surface area contributed by atoms with E-state index in [9.17, 15) is 4.79 Å². The second-order valence-electron chi connectivity index (χ2n) is 4.59. The van der Waals surface area contributed by atoms with Gasteiger partial charge in [0.25, 0.3) is 0 Å². The van der Waals surface area contributed by atoms with Crippen LogP contribution in [0.25, 0.3) is 11.0 Å². The Balaban J connectivity index is 2.29. The normalized spacial score (nSPS) is 11.1. The fraction of sp³-hybridized carbons (Fsp3) is 0.467. The summed E-state index contributed by atoms with van der Waals surface area (Å²) in [4.78, 5) is 15.5. The van der Waals surface area contributed by atoms with Crippen LogP contribution in [-0.2, 0) is 17.7 Å². The molecule has 0 unspecified atom stereocenters. The lowest BCUT2D eigenvalue weighted by molar-refractivity contribution is 0.0697. The summed E-state index contributed by atoms with van der Waals surface area (Å²) in [6, 6.07) is 5.10. The number of carboxylic acids is 1. The number of rotatable bonds is 7. The van der Waals surface area contributed by atoms with Gasteiger partial charge in [0, 0.05) is 26.2 Å². The molecule has 0 spiro atoms. The van der Waals surface area contributed by atoms with E-state index in [4.69, 9.17) is 9.84 Å². The molecule has 0 radical (unpaired) electrons. The number of aryl methyl sites for hydroxylation is 2. The van der Waals surface area contributed by atoms with Crippen molar-refractivity contribution in [3.8, 4) is 0 Å². The van der Waals surface area contributed by atoms with Crippen LogP contribution in [0.15, 0.2) is 18.2 Å². The van der Waals surface area contributed by atoms with Crippen LogP contribution in [0.4, 0.5) is 0 Å². The summed E-state index contributed by atoms with van der Waals surface area (Å²) >= 11 is 0. The maximum atomic E-state index is 11.0. The van der Waals surface area contributed by atoms with E-state index in [1.807, 2.05) is 13.0 Å². The van der Waals surface area contributed by atoms with Crippen LogP contribution in [0.5, 0.6) is 0 Å². The van der Waals surface area contributed by atoms with Gasteiger partial charge in [0.15, 0.2) is 0 Å². The smallest absolute Gasteiger partial charge is 0.335 e. The molecule has 0 aliphatic carbocycles. The van der Waals surface area contributed by atoms with Crippen LogP contribution in [0.1, 0.15) is 36.5 Å². The zero-order valence-corrected chi connectivity index (χ0v) is 11.9. The summed E-state index contributed by atoms with van der Waals surface area (Å²) in [6.45, 7) is 6.34. The van der Waals surface area contributed by atoms with E-state index in [1.165, 1.54) is 0 Å². The Morgan fingerprint density at radius 3 is 2.85 bits per heavy atom.